The maximum atomic E-state index is 13.2. The lowest BCUT2D eigenvalue weighted by atomic mass is 10.1. The van der Waals surface area contributed by atoms with Gasteiger partial charge in [-0.1, -0.05) is 0 Å². The Bertz CT molecular complexity index is 1470. The van der Waals surface area contributed by atoms with Gasteiger partial charge in [0.2, 0.25) is 0 Å². The number of ether oxygens (including phenoxy) is 2. The summed E-state index contributed by atoms with van der Waals surface area (Å²) in [6, 6.07) is 15.3. The zero-order valence-electron chi connectivity index (χ0n) is 19.9. The number of nitro groups is 1. The predicted molar refractivity (Wildman–Crippen MR) is 133 cm³/mol. The maximum absolute atomic E-state index is 13.2. The Morgan fingerprint density at radius 2 is 1.81 bits per heavy atom. The van der Waals surface area contributed by atoms with Gasteiger partial charge in [-0.05, 0) is 62.6 Å². The lowest BCUT2D eigenvalue weighted by molar-refractivity contribution is -0.384. The van der Waals surface area contributed by atoms with E-state index >= 15 is 0 Å². The Kier molecular flexibility index (Phi) is 7.02. The number of rotatable bonds is 9. The third-order valence-electron chi connectivity index (χ3n) is 5.40. The molecule has 0 aliphatic rings. The summed E-state index contributed by atoms with van der Waals surface area (Å²) >= 11 is 0. The van der Waals surface area contributed by atoms with Crippen molar-refractivity contribution in [2.45, 2.75) is 6.54 Å². The van der Waals surface area contributed by atoms with Crippen LogP contribution in [0.3, 0.4) is 0 Å². The first-order valence-electron chi connectivity index (χ1n) is 10.9. The molecule has 36 heavy (non-hydrogen) atoms. The first-order chi connectivity index (χ1) is 17.2. The van der Waals surface area contributed by atoms with Gasteiger partial charge in [0.05, 0.1) is 23.1 Å². The van der Waals surface area contributed by atoms with E-state index in [9.17, 15) is 19.7 Å². The fourth-order valence-electron chi connectivity index (χ4n) is 3.52. The summed E-state index contributed by atoms with van der Waals surface area (Å²) in [7, 11) is 5.32. The third kappa shape index (κ3) is 5.36. The predicted octanol–water partition coefficient (Wildman–Crippen LogP) is 4.12. The molecule has 0 aliphatic carbocycles. The molecule has 4 rings (SSSR count). The van der Waals surface area contributed by atoms with Gasteiger partial charge in [-0.2, -0.15) is 0 Å². The lowest BCUT2D eigenvalue weighted by Crippen LogP contribution is -2.23. The molecule has 4 aromatic rings. The first-order valence-corrected chi connectivity index (χ1v) is 10.9. The average Bonchev–Trinajstić information content (AvgIpc) is 3.17. The van der Waals surface area contributed by atoms with E-state index in [1.165, 1.54) is 23.8 Å². The number of oxazole rings is 1. The Balaban J connectivity index is 1.65. The highest BCUT2D eigenvalue weighted by Crippen LogP contribution is 2.31. The molecule has 0 saturated heterocycles. The van der Waals surface area contributed by atoms with Crippen molar-refractivity contribution in [3.8, 4) is 17.2 Å². The highest BCUT2D eigenvalue weighted by Gasteiger charge is 2.20. The second-order valence-electron chi connectivity index (χ2n) is 8.17. The highest BCUT2D eigenvalue weighted by molar-refractivity contribution is 6.07. The summed E-state index contributed by atoms with van der Waals surface area (Å²) in [5, 5.41) is 14.1. The van der Waals surface area contributed by atoms with Crippen LogP contribution in [0, 0.1) is 10.1 Å². The SMILES string of the molecule is COc1ccc(Oc2ccc([N+](=O)[O-])cc2C(=O)Nc2ccc3oc(=O)n(CCN(C)C)c3c2)cc1. The number of nitrogens with one attached hydrogen (secondary N) is 1. The number of aromatic nitrogens is 1. The van der Waals surface area contributed by atoms with Crippen LogP contribution >= 0.6 is 0 Å². The van der Waals surface area contributed by atoms with Crippen molar-refractivity contribution >= 4 is 28.4 Å². The second kappa shape index (κ2) is 10.3. The number of benzene rings is 3. The molecule has 1 heterocycles. The molecule has 0 radical (unpaired) electrons. The minimum absolute atomic E-state index is 0.0303. The van der Waals surface area contributed by atoms with Gasteiger partial charge in [-0.3, -0.25) is 19.5 Å². The normalized spacial score (nSPS) is 11.0. The number of nitrogens with zero attached hydrogens (tertiary/aromatic N) is 3. The van der Waals surface area contributed by atoms with Crippen LogP contribution in [0.25, 0.3) is 11.1 Å². The Morgan fingerprint density at radius 3 is 2.47 bits per heavy atom. The molecule has 186 valence electrons. The number of carbonyl (C=O) groups is 1. The second-order valence-corrected chi connectivity index (χ2v) is 8.17. The summed E-state index contributed by atoms with van der Waals surface area (Å²) < 4.78 is 17.8. The smallest absolute Gasteiger partial charge is 0.419 e. The minimum atomic E-state index is -0.618. The molecule has 11 nitrogen and oxygen atoms in total. The Hall–Kier alpha value is -4.64. The molecular formula is C25H24N4O7. The molecule has 0 fully saturated rings. The first kappa shape index (κ1) is 24.5. The maximum Gasteiger partial charge on any atom is 0.419 e. The zero-order chi connectivity index (χ0) is 25.8. The fourth-order valence-corrected chi connectivity index (χ4v) is 3.52. The van der Waals surface area contributed by atoms with Crippen LogP contribution in [0.5, 0.6) is 17.2 Å². The van der Waals surface area contributed by atoms with Gasteiger partial charge in [0, 0.05) is 30.9 Å². The van der Waals surface area contributed by atoms with Crippen molar-refractivity contribution in [2.75, 3.05) is 33.1 Å². The van der Waals surface area contributed by atoms with Crippen molar-refractivity contribution in [1.82, 2.24) is 9.47 Å². The molecule has 0 saturated carbocycles. The molecule has 0 atom stereocenters. The van der Waals surface area contributed by atoms with Crippen LogP contribution in [0.1, 0.15) is 10.4 Å². The van der Waals surface area contributed by atoms with E-state index in [1.54, 1.807) is 42.5 Å². The largest absolute Gasteiger partial charge is 0.497 e. The number of fused-ring (bicyclic) bond motifs is 1. The molecular weight excluding hydrogens is 468 g/mol. The van der Waals surface area contributed by atoms with Gasteiger partial charge in [0.15, 0.2) is 5.58 Å². The molecule has 1 aromatic heterocycles. The number of hydrogen-bond acceptors (Lipinski definition) is 8. The fraction of sp³-hybridized carbons (Fsp3) is 0.200. The van der Waals surface area contributed by atoms with Gasteiger partial charge < -0.3 is 24.1 Å². The topological polar surface area (TPSA) is 129 Å². The van der Waals surface area contributed by atoms with E-state index in [0.717, 1.165) is 6.07 Å². The van der Waals surface area contributed by atoms with Crippen LogP contribution in [-0.4, -0.2) is 48.0 Å². The summed E-state index contributed by atoms with van der Waals surface area (Å²) in [6.07, 6.45) is 0. The summed E-state index contributed by atoms with van der Waals surface area (Å²) in [5.74, 6) is 0.0677. The molecule has 0 spiro atoms. The number of non-ortho nitro benzene ring substituents is 1. The van der Waals surface area contributed by atoms with E-state index in [1.807, 2.05) is 19.0 Å². The highest BCUT2D eigenvalue weighted by atomic mass is 16.6. The van der Waals surface area contributed by atoms with E-state index in [2.05, 4.69) is 5.32 Å². The third-order valence-corrected chi connectivity index (χ3v) is 5.40. The molecule has 1 N–H and O–H groups in total. The number of likely N-dealkylation sites (N-methyl/N-ethyl adjacent to an activating group) is 1. The molecule has 3 aromatic carbocycles. The van der Waals surface area contributed by atoms with Gasteiger partial charge in [0.1, 0.15) is 17.2 Å². The zero-order valence-corrected chi connectivity index (χ0v) is 19.9. The molecule has 11 heteroatoms. The molecule has 0 bridgehead atoms. The number of nitro benzene ring substituents is 1. The van der Waals surface area contributed by atoms with Crippen LogP contribution in [0.2, 0.25) is 0 Å². The number of methoxy groups -OCH3 is 1. The van der Waals surface area contributed by atoms with Crippen molar-refractivity contribution in [1.29, 1.82) is 0 Å². The quantitative estimate of drug-likeness (QED) is 0.273. The number of anilines is 1. The Morgan fingerprint density at radius 1 is 1.08 bits per heavy atom. The molecule has 0 aliphatic heterocycles. The van der Waals surface area contributed by atoms with Crippen molar-refractivity contribution in [3.05, 3.63) is 86.9 Å². The van der Waals surface area contributed by atoms with Crippen LogP contribution < -0.4 is 20.5 Å². The van der Waals surface area contributed by atoms with E-state index in [0.29, 0.717) is 41.4 Å². The molecule has 1 amide bonds. The van der Waals surface area contributed by atoms with Crippen molar-refractivity contribution in [2.24, 2.45) is 0 Å². The molecule has 0 unspecified atom stereocenters. The Labute approximate surface area is 205 Å². The minimum Gasteiger partial charge on any atom is -0.497 e. The lowest BCUT2D eigenvalue weighted by Gasteiger charge is -2.12. The summed E-state index contributed by atoms with van der Waals surface area (Å²) in [5.41, 5.74) is 1.00. The van der Waals surface area contributed by atoms with Gasteiger partial charge in [-0.25, -0.2) is 4.79 Å². The van der Waals surface area contributed by atoms with Gasteiger partial charge in [0.25, 0.3) is 11.6 Å². The van der Waals surface area contributed by atoms with Gasteiger partial charge in [-0.15, -0.1) is 0 Å². The number of amides is 1. The van der Waals surface area contributed by atoms with E-state index < -0.39 is 16.6 Å². The monoisotopic (exact) mass is 492 g/mol. The average molecular weight is 492 g/mol. The van der Waals surface area contributed by atoms with Gasteiger partial charge >= 0.3 is 5.76 Å². The van der Waals surface area contributed by atoms with Crippen molar-refractivity contribution in [3.63, 3.8) is 0 Å². The summed E-state index contributed by atoms with van der Waals surface area (Å²) in [6.45, 7) is 1.02. The number of carbonyl (C=O) groups excluding carboxylic acids is 1. The van der Waals surface area contributed by atoms with E-state index in [4.69, 9.17) is 13.9 Å². The van der Waals surface area contributed by atoms with Crippen LogP contribution in [0.4, 0.5) is 11.4 Å². The number of hydrogen-bond donors (Lipinski definition) is 1. The van der Waals surface area contributed by atoms with Crippen LogP contribution in [-0.2, 0) is 6.54 Å². The van der Waals surface area contributed by atoms with Crippen molar-refractivity contribution < 1.29 is 23.6 Å². The standard InChI is InChI=1S/C25H24N4O7/c1-27(2)12-13-28-21-14-16(4-10-23(21)36-25(28)31)26-24(30)20-15-17(29(32)33)5-11-22(20)35-19-8-6-18(34-3)7-9-19/h4-11,14-15H,12-13H2,1-3H3,(H,26,30). The van der Waals surface area contributed by atoms with Crippen LogP contribution in [0.15, 0.2) is 69.9 Å². The summed E-state index contributed by atoms with van der Waals surface area (Å²) in [4.78, 5) is 38.2. The van der Waals surface area contributed by atoms with E-state index in [-0.39, 0.29) is 17.0 Å².